The molecule has 2 atom stereocenters. The molecule has 1 aromatic rings. The fourth-order valence-corrected chi connectivity index (χ4v) is 2.75. The van der Waals surface area contributed by atoms with Gasteiger partial charge in [-0.05, 0) is 44.4 Å². The highest BCUT2D eigenvalue weighted by Gasteiger charge is 2.33. The van der Waals surface area contributed by atoms with E-state index in [1.807, 2.05) is 31.2 Å². The number of benzene rings is 1. The third-order valence-corrected chi connectivity index (χ3v) is 4.13. The van der Waals surface area contributed by atoms with Crippen LogP contribution in [0.1, 0.15) is 38.2 Å². The lowest BCUT2D eigenvalue weighted by molar-refractivity contribution is -0.142. The number of carboxylic acids is 1. The van der Waals surface area contributed by atoms with Gasteiger partial charge in [0.2, 0.25) is 0 Å². The van der Waals surface area contributed by atoms with Crippen molar-refractivity contribution in [3.63, 3.8) is 0 Å². The molecule has 1 aliphatic rings. The fraction of sp³-hybridized carbons (Fsp3) is 0.438. The van der Waals surface area contributed by atoms with Gasteiger partial charge in [-0.2, -0.15) is 0 Å². The number of ether oxygens (including phenoxy) is 1. The van der Waals surface area contributed by atoms with E-state index in [-0.39, 0.29) is 11.8 Å². The summed E-state index contributed by atoms with van der Waals surface area (Å²) in [4.78, 5) is 11.5. The molecule has 0 radical (unpaired) electrons. The molecule has 3 heteroatoms. The summed E-state index contributed by atoms with van der Waals surface area (Å²) in [5.74, 6) is -0.160. The van der Waals surface area contributed by atoms with Crippen LogP contribution >= 0.6 is 0 Å². The summed E-state index contributed by atoms with van der Waals surface area (Å²) in [6.07, 6.45) is 1.48. The SMILES string of the molecule is COc1ccc([C@H]2CC(C)=C(C)C[C@@H]2C(=O)O)cc1. The Morgan fingerprint density at radius 2 is 1.74 bits per heavy atom. The second-order valence-corrected chi connectivity index (χ2v) is 5.29. The van der Waals surface area contributed by atoms with Crippen LogP contribution in [0.4, 0.5) is 0 Å². The first-order valence-electron chi connectivity index (χ1n) is 6.55. The van der Waals surface area contributed by atoms with E-state index >= 15 is 0 Å². The molecule has 1 N–H and O–H groups in total. The average Bonchev–Trinajstić information content (AvgIpc) is 2.41. The van der Waals surface area contributed by atoms with E-state index < -0.39 is 5.97 Å². The summed E-state index contributed by atoms with van der Waals surface area (Å²) in [5.41, 5.74) is 3.62. The Balaban J connectivity index is 2.32. The minimum Gasteiger partial charge on any atom is -0.497 e. The zero-order valence-electron chi connectivity index (χ0n) is 11.6. The van der Waals surface area contributed by atoms with E-state index in [0.717, 1.165) is 17.7 Å². The van der Waals surface area contributed by atoms with Crippen LogP contribution in [0.25, 0.3) is 0 Å². The number of hydrogen-bond acceptors (Lipinski definition) is 2. The minimum atomic E-state index is -0.701. The van der Waals surface area contributed by atoms with Gasteiger partial charge in [0.15, 0.2) is 0 Å². The lowest BCUT2D eigenvalue weighted by atomic mass is 9.73. The molecular formula is C16H20O3. The van der Waals surface area contributed by atoms with Crippen molar-refractivity contribution >= 4 is 5.97 Å². The lowest BCUT2D eigenvalue weighted by Crippen LogP contribution is -2.26. The van der Waals surface area contributed by atoms with E-state index in [1.54, 1.807) is 7.11 Å². The largest absolute Gasteiger partial charge is 0.497 e. The first-order chi connectivity index (χ1) is 9.02. The van der Waals surface area contributed by atoms with Gasteiger partial charge in [0, 0.05) is 5.92 Å². The molecule has 2 rings (SSSR count). The Morgan fingerprint density at radius 3 is 2.26 bits per heavy atom. The number of carbonyl (C=O) groups is 1. The lowest BCUT2D eigenvalue weighted by Gasteiger charge is -2.30. The van der Waals surface area contributed by atoms with Gasteiger partial charge < -0.3 is 9.84 Å². The van der Waals surface area contributed by atoms with E-state index in [9.17, 15) is 9.90 Å². The number of rotatable bonds is 3. The topological polar surface area (TPSA) is 46.5 Å². The van der Waals surface area contributed by atoms with Crippen LogP contribution in [0.15, 0.2) is 35.4 Å². The standard InChI is InChI=1S/C16H20O3/c1-10-8-14(15(16(17)18)9-11(10)2)12-4-6-13(19-3)7-5-12/h4-7,14-15H,8-9H2,1-3H3,(H,17,18)/t14-,15+/m1/s1. The van der Waals surface area contributed by atoms with Crippen molar-refractivity contribution in [3.05, 3.63) is 41.0 Å². The highest BCUT2D eigenvalue weighted by Crippen LogP contribution is 2.40. The van der Waals surface area contributed by atoms with Crippen LogP contribution in [-0.4, -0.2) is 18.2 Å². The van der Waals surface area contributed by atoms with Crippen molar-refractivity contribution in [1.29, 1.82) is 0 Å². The Hall–Kier alpha value is -1.77. The van der Waals surface area contributed by atoms with E-state index in [0.29, 0.717) is 6.42 Å². The molecule has 0 spiro atoms. The Morgan fingerprint density at radius 1 is 1.16 bits per heavy atom. The molecule has 0 aromatic heterocycles. The number of carboxylic acid groups (broad SMARTS) is 1. The number of allylic oxidation sites excluding steroid dienone is 2. The van der Waals surface area contributed by atoms with Crippen LogP contribution in [0, 0.1) is 5.92 Å². The monoisotopic (exact) mass is 260 g/mol. The van der Waals surface area contributed by atoms with Crippen molar-refractivity contribution in [2.75, 3.05) is 7.11 Å². The highest BCUT2D eigenvalue weighted by molar-refractivity contribution is 5.72. The predicted molar refractivity (Wildman–Crippen MR) is 74.5 cm³/mol. The molecule has 0 bridgehead atoms. The van der Waals surface area contributed by atoms with Gasteiger partial charge in [-0.15, -0.1) is 0 Å². The zero-order valence-corrected chi connectivity index (χ0v) is 11.6. The zero-order chi connectivity index (χ0) is 14.0. The molecule has 1 aromatic carbocycles. The molecule has 102 valence electrons. The molecule has 0 aliphatic heterocycles. The molecule has 0 heterocycles. The summed E-state index contributed by atoms with van der Waals surface area (Å²) < 4.78 is 5.14. The van der Waals surface area contributed by atoms with Crippen LogP contribution < -0.4 is 4.74 Å². The first kappa shape index (κ1) is 13.7. The van der Waals surface area contributed by atoms with Gasteiger partial charge in [0.1, 0.15) is 5.75 Å². The second kappa shape index (κ2) is 5.47. The van der Waals surface area contributed by atoms with E-state index in [1.165, 1.54) is 11.1 Å². The van der Waals surface area contributed by atoms with Gasteiger partial charge >= 0.3 is 5.97 Å². The van der Waals surface area contributed by atoms with Gasteiger partial charge in [-0.25, -0.2) is 0 Å². The Bertz CT molecular complexity index is 499. The second-order valence-electron chi connectivity index (χ2n) is 5.29. The molecule has 0 saturated heterocycles. The maximum absolute atomic E-state index is 11.5. The third kappa shape index (κ3) is 2.80. The van der Waals surface area contributed by atoms with Crippen molar-refractivity contribution in [2.24, 2.45) is 5.92 Å². The quantitative estimate of drug-likeness (QED) is 0.844. The smallest absolute Gasteiger partial charge is 0.307 e. The molecule has 1 aliphatic carbocycles. The van der Waals surface area contributed by atoms with Gasteiger partial charge in [-0.3, -0.25) is 4.79 Å². The van der Waals surface area contributed by atoms with Crippen molar-refractivity contribution in [1.82, 2.24) is 0 Å². The van der Waals surface area contributed by atoms with Crippen LogP contribution in [0.3, 0.4) is 0 Å². The number of methoxy groups -OCH3 is 1. The summed E-state index contributed by atoms with van der Waals surface area (Å²) in [5, 5.41) is 9.43. The van der Waals surface area contributed by atoms with Crippen molar-refractivity contribution in [2.45, 2.75) is 32.6 Å². The van der Waals surface area contributed by atoms with Crippen LogP contribution in [0.2, 0.25) is 0 Å². The van der Waals surface area contributed by atoms with E-state index in [4.69, 9.17) is 4.74 Å². The third-order valence-electron chi connectivity index (χ3n) is 4.13. The maximum atomic E-state index is 11.5. The summed E-state index contributed by atoms with van der Waals surface area (Å²) >= 11 is 0. The summed E-state index contributed by atoms with van der Waals surface area (Å²) in [7, 11) is 1.63. The molecular weight excluding hydrogens is 240 g/mol. The molecule has 0 saturated carbocycles. The molecule has 0 amide bonds. The summed E-state index contributed by atoms with van der Waals surface area (Å²) in [6.45, 7) is 4.14. The highest BCUT2D eigenvalue weighted by atomic mass is 16.5. The molecule has 19 heavy (non-hydrogen) atoms. The maximum Gasteiger partial charge on any atom is 0.307 e. The Labute approximate surface area is 113 Å². The predicted octanol–water partition coefficient (Wildman–Crippen LogP) is 3.61. The van der Waals surface area contributed by atoms with Crippen LogP contribution in [0.5, 0.6) is 5.75 Å². The number of hydrogen-bond donors (Lipinski definition) is 1. The van der Waals surface area contributed by atoms with Crippen molar-refractivity contribution < 1.29 is 14.6 Å². The fourth-order valence-electron chi connectivity index (χ4n) is 2.75. The Kier molecular flexibility index (Phi) is 3.93. The van der Waals surface area contributed by atoms with Crippen molar-refractivity contribution in [3.8, 4) is 5.75 Å². The van der Waals surface area contributed by atoms with E-state index in [2.05, 4.69) is 6.92 Å². The normalized spacial score (nSPS) is 23.3. The summed E-state index contributed by atoms with van der Waals surface area (Å²) in [6, 6.07) is 7.75. The number of aliphatic carboxylic acids is 1. The molecule has 0 unspecified atom stereocenters. The van der Waals surface area contributed by atoms with Crippen LogP contribution in [-0.2, 0) is 4.79 Å². The molecule has 0 fully saturated rings. The van der Waals surface area contributed by atoms with Gasteiger partial charge in [-0.1, -0.05) is 23.3 Å². The average molecular weight is 260 g/mol. The van der Waals surface area contributed by atoms with Gasteiger partial charge in [0.25, 0.3) is 0 Å². The van der Waals surface area contributed by atoms with Gasteiger partial charge in [0.05, 0.1) is 13.0 Å². The minimum absolute atomic E-state index is 0.0621. The first-order valence-corrected chi connectivity index (χ1v) is 6.55. The molecule has 3 nitrogen and oxygen atoms in total.